The molecule has 0 fully saturated rings. The van der Waals surface area contributed by atoms with Crippen LogP contribution in [-0.4, -0.2) is 7.11 Å². The summed E-state index contributed by atoms with van der Waals surface area (Å²) >= 11 is 11.0. The first-order valence-electron chi connectivity index (χ1n) is 5.67. The second kappa shape index (κ2) is 5.08. The number of fused-ring (bicyclic) bond motifs is 2. The summed E-state index contributed by atoms with van der Waals surface area (Å²) in [7, 11) is 1.69. The van der Waals surface area contributed by atoms with Crippen molar-refractivity contribution >= 4 is 69.3 Å². The zero-order chi connectivity index (χ0) is 13.6. The highest BCUT2D eigenvalue weighted by atomic mass is 79.9. The van der Waals surface area contributed by atoms with E-state index in [1.165, 1.54) is 10.8 Å². The highest BCUT2D eigenvalue weighted by molar-refractivity contribution is 9.11. The highest BCUT2D eigenvalue weighted by Gasteiger charge is 2.15. The molecule has 0 bridgehead atoms. The van der Waals surface area contributed by atoms with Crippen LogP contribution in [0.4, 0.5) is 0 Å². The standard InChI is InChI=1S/C15H9Br3O/c1-19-15-11(16)7-6-10-12(15)14(18)9-5-3-2-4-8(9)13(10)17/h2-7H,1H3. The van der Waals surface area contributed by atoms with Gasteiger partial charge in [-0.15, -0.1) is 0 Å². The average Bonchev–Trinajstić information content (AvgIpc) is 2.44. The summed E-state index contributed by atoms with van der Waals surface area (Å²) in [5.74, 6) is 0.843. The Kier molecular flexibility index (Phi) is 3.58. The van der Waals surface area contributed by atoms with Gasteiger partial charge >= 0.3 is 0 Å². The number of halogens is 3. The fourth-order valence-electron chi connectivity index (χ4n) is 2.30. The van der Waals surface area contributed by atoms with Gasteiger partial charge in [0, 0.05) is 19.7 Å². The van der Waals surface area contributed by atoms with Gasteiger partial charge in [-0.05, 0) is 64.6 Å². The molecule has 0 aliphatic carbocycles. The molecule has 3 rings (SSSR count). The lowest BCUT2D eigenvalue weighted by atomic mass is 10.0. The Morgan fingerprint density at radius 2 is 1.42 bits per heavy atom. The van der Waals surface area contributed by atoms with E-state index >= 15 is 0 Å². The summed E-state index contributed by atoms with van der Waals surface area (Å²) < 4.78 is 8.64. The monoisotopic (exact) mass is 442 g/mol. The Hall–Kier alpha value is -0.580. The van der Waals surface area contributed by atoms with Gasteiger partial charge in [-0.1, -0.05) is 30.3 Å². The summed E-state index contributed by atoms with van der Waals surface area (Å²) in [6.07, 6.45) is 0. The maximum atomic E-state index is 5.55. The van der Waals surface area contributed by atoms with Gasteiger partial charge < -0.3 is 4.74 Å². The van der Waals surface area contributed by atoms with Crippen molar-refractivity contribution in [3.8, 4) is 5.75 Å². The molecule has 0 aromatic heterocycles. The average molecular weight is 445 g/mol. The molecule has 0 saturated heterocycles. The minimum atomic E-state index is 0.843. The zero-order valence-corrected chi connectivity index (χ0v) is 14.8. The molecule has 0 radical (unpaired) electrons. The molecule has 1 nitrogen and oxygen atoms in total. The van der Waals surface area contributed by atoms with E-state index in [-0.39, 0.29) is 0 Å². The molecule has 0 spiro atoms. The predicted molar refractivity (Wildman–Crippen MR) is 91.1 cm³/mol. The second-order valence-electron chi connectivity index (χ2n) is 4.18. The topological polar surface area (TPSA) is 9.23 Å². The Bertz CT molecular complexity index is 796. The number of hydrogen-bond acceptors (Lipinski definition) is 1. The summed E-state index contributed by atoms with van der Waals surface area (Å²) in [5.41, 5.74) is 0. The molecular weight excluding hydrogens is 436 g/mol. The van der Waals surface area contributed by atoms with Crippen molar-refractivity contribution in [2.45, 2.75) is 0 Å². The van der Waals surface area contributed by atoms with Crippen molar-refractivity contribution in [3.63, 3.8) is 0 Å². The van der Waals surface area contributed by atoms with Crippen LogP contribution in [0.3, 0.4) is 0 Å². The van der Waals surface area contributed by atoms with Crippen molar-refractivity contribution in [1.29, 1.82) is 0 Å². The molecule has 0 atom stereocenters. The van der Waals surface area contributed by atoms with E-state index in [1.807, 2.05) is 18.2 Å². The molecule has 0 N–H and O–H groups in total. The first-order chi connectivity index (χ1) is 9.15. The minimum Gasteiger partial charge on any atom is -0.495 e. The van der Waals surface area contributed by atoms with Gasteiger partial charge in [0.05, 0.1) is 11.6 Å². The van der Waals surface area contributed by atoms with E-state index in [0.717, 1.165) is 29.9 Å². The van der Waals surface area contributed by atoms with Crippen molar-refractivity contribution in [1.82, 2.24) is 0 Å². The van der Waals surface area contributed by atoms with E-state index < -0.39 is 0 Å². The van der Waals surface area contributed by atoms with Crippen LogP contribution < -0.4 is 4.74 Å². The van der Waals surface area contributed by atoms with E-state index in [0.29, 0.717) is 0 Å². The number of rotatable bonds is 1. The van der Waals surface area contributed by atoms with Gasteiger partial charge in [-0.2, -0.15) is 0 Å². The minimum absolute atomic E-state index is 0.843. The first kappa shape index (κ1) is 13.4. The van der Waals surface area contributed by atoms with Crippen LogP contribution in [0, 0.1) is 0 Å². The van der Waals surface area contributed by atoms with E-state index in [9.17, 15) is 0 Å². The molecular formula is C15H9Br3O. The first-order valence-corrected chi connectivity index (χ1v) is 8.05. The Morgan fingerprint density at radius 1 is 0.789 bits per heavy atom. The lowest BCUT2D eigenvalue weighted by molar-refractivity contribution is 0.417. The molecule has 0 aliphatic rings. The smallest absolute Gasteiger partial charge is 0.142 e. The third-order valence-corrected chi connectivity index (χ3v) is 5.47. The Balaban J connectivity index is 2.64. The Labute approximate surface area is 136 Å². The molecule has 0 amide bonds. The molecule has 0 saturated carbocycles. The molecule has 0 aliphatic heterocycles. The van der Waals surface area contributed by atoms with Gasteiger partial charge in [0.15, 0.2) is 0 Å². The van der Waals surface area contributed by atoms with Crippen LogP contribution in [0.2, 0.25) is 0 Å². The second-order valence-corrected chi connectivity index (χ2v) is 6.62. The van der Waals surface area contributed by atoms with Crippen molar-refractivity contribution in [3.05, 3.63) is 49.8 Å². The lowest BCUT2D eigenvalue weighted by Gasteiger charge is -2.14. The van der Waals surface area contributed by atoms with Crippen LogP contribution in [0.5, 0.6) is 5.75 Å². The van der Waals surface area contributed by atoms with E-state index in [2.05, 4.69) is 66.0 Å². The molecule has 0 heterocycles. The van der Waals surface area contributed by atoms with Crippen LogP contribution in [0.15, 0.2) is 49.8 Å². The van der Waals surface area contributed by atoms with Gasteiger partial charge in [-0.3, -0.25) is 0 Å². The summed E-state index contributed by atoms with van der Waals surface area (Å²) in [5, 5.41) is 4.55. The third kappa shape index (κ3) is 2.01. The summed E-state index contributed by atoms with van der Waals surface area (Å²) in [6.45, 7) is 0. The van der Waals surface area contributed by atoms with Gasteiger partial charge in [0.25, 0.3) is 0 Å². The van der Waals surface area contributed by atoms with Crippen molar-refractivity contribution in [2.75, 3.05) is 7.11 Å². The zero-order valence-electron chi connectivity index (χ0n) is 10.0. The van der Waals surface area contributed by atoms with E-state index in [1.54, 1.807) is 7.11 Å². The number of benzene rings is 3. The predicted octanol–water partition coefficient (Wildman–Crippen LogP) is 6.29. The molecule has 3 aromatic carbocycles. The Morgan fingerprint density at radius 3 is 2.05 bits per heavy atom. The maximum absolute atomic E-state index is 5.55. The largest absolute Gasteiger partial charge is 0.495 e. The van der Waals surface area contributed by atoms with Crippen molar-refractivity contribution < 1.29 is 4.74 Å². The SMILES string of the molecule is COc1c(Br)ccc2c(Br)c3ccccc3c(Br)c12. The molecule has 19 heavy (non-hydrogen) atoms. The van der Waals surface area contributed by atoms with Gasteiger partial charge in [0.1, 0.15) is 5.75 Å². The molecule has 96 valence electrons. The van der Waals surface area contributed by atoms with Crippen LogP contribution in [0.1, 0.15) is 0 Å². The fourth-order valence-corrected chi connectivity index (χ4v) is 4.21. The van der Waals surface area contributed by atoms with Crippen LogP contribution in [-0.2, 0) is 0 Å². The molecule has 4 heteroatoms. The van der Waals surface area contributed by atoms with Crippen LogP contribution >= 0.6 is 47.8 Å². The normalized spacial score (nSPS) is 11.2. The van der Waals surface area contributed by atoms with Crippen molar-refractivity contribution in [2.24, 2.45) is 0 Å². The molecule has 0 unspecified atom stereocenters. The van der Waals surface area contributed by atoms with E-state index in [4.69, 9.17) is 4.74 Å². The molecule has 3 aromatic rings. The van der Waals surface area contributed by atoms with Gasteiger partial charge in [-0.25, -0.2) is 0 Å². The lowest BCUT2D eigenvalue weighted by Crippen LogP contribution is -1.90. The maximum Gasteiger partial charge on any atom is 0.142 e. The highest BCUT2D eigenvalue weighted by Crippen LogP contribution is 2.45. The van der Waals surface area contributed by atoms with Crippen LogP contribution in [0.25, 0.3) is 21.5 Å². The number of ether oxygens (including phenoxy) is 1. The third-order valence-electron chi connectivity index (χ3n) is 3.17. The van der Waals surface area contributed by atoms with Gasteiger partial charge in [0.2, 0.25) is 0 Å². The fraction of sp³-hybridized carbons (Fsp3) is 0.0667. The number of methoxy groups -OCH3 is 1. The summed E-state index contributed by atoms with van der Waals surface area (Å²) in [6, 6.07) is 12.4. The summed E-state index contributed by atoms with van der Waals surface area (Å²) in [4.78, 5) is 0. The quantitative estimate of drug-likeness (QED) is 0.401. The number of hydrogen-bond donors (Lipinski definition) is 0.